The molecule has 31 heavy (non-hydrogen) atoms. The van der Waals surface area contributed by atoms with Crippen LogP contribution in [0.2, 0.25) is 0 Å². The Labute approximate surface area is 183 Å². The molecule has 0 spiro atoms. The van der Waals surface area contributed by atoms with Gasteiger partial charge in [0.15, 0.2) is 0 Å². The zero-order valence-corrected chi connectivity index (χ0v) is 18.0. The highest BCUT2D eigenvalue weighted by Crippen LogP contribution is 2.36. The van der Waals surface area contributed by atoms with E-state index in [1.807, 2.05) is 59.8 Å². The van der Waals surface area contributed by atoms with E-state index >= 15 is 0 Å². The number of pyridine rings is 1. The van der Waals surface area contributed by atoms with Crippen molar-refractivity contribution in [3.8, 4) is 23.1 Å². The number of nitriles is 1. The van der Waals surface area contributed by atoms with Crippen LogP contribution in [0.5, 0.6) is 5.75 Å². The van der Waals surface area contributed by atoms with Crippen LogP contribution in [0.15, 0.2) is 54.2 Å². The van der Waals surface area contributed by atoms with Crippen LogP contribution in [0.4, 0.5) is 0 Å². The molecule has 0 aliphatic heterocycles. The fourth-order valence-electron chi connectivity index (χ4n) is 3.91. The summed E-state index contributed by atoms with van der Waals surface area (Å²) in [6, 6.07) is 13.9. The van der Waals surface area contributed by atoms with Gasteiger partial charge in [-0.25, -0.2) is 4.98 Å². The minimum Gasteiger partial charge on any atom is -0.496 e. The highest BCUT2D eigenvalue weighted by atomic mass is 32.1. The highest BCUT2D eigenvalue weighted by Gasteiger charge is 2.17. The molecule has 3 heterocycles. The largest absolute Gasteiger partial charge is 0.496 e. The summed E-state index contributed by atoms with van der Waals surface area (Å²) in [4.78, 5) is 9.07. The molecule has 0 amide bonds. The maximum atomic E-state index is 9.12. The Morgan fingerprint density at radius 2 is 1.97 bits per heavy atom. The molecule has 0 saturated heterocycles. The van der Waals surface area contributed by atoms with Gasteiger partial charge >= 0.3 is 0 Å². The number of aryl methyl sites for hydroxylation is 3. The van der Waals surface area contributed by atoms with E-state index in [0.717, 1.165) is 62.2 Å². The minimum atomic E-state index is 0.629. The Bertz CT molecular complexity index is 1430. The molecular formula is C24H19N5OS. The SMILES string of the molecule is COc1cc2ncc3c(c(-c4ccc(C#N)cc4)nn3C)c2cc1CCc1nccs1. The first-order chi connectivity index (χ1) is 15.2. The van der Waals surface area contributed by atoms with Crippen LogP contribution in [0.25, 0.3) is 33.1 Å². The molecule has 7 heteroatoms. The van der Waals surface area contributed by atoms with E-state index in [1.165, 1.54) is 0 Å². The van der Waals surface area contributed by atoms with E-state index in [1.54, 1.807) is 18.4 Å². The number of rotatable bonds is 5. The maximum absolute atomic E-state index is 9.12. The van der Waals surface area contributed by atoms with Crippen molar-refractivity contribution < 1.29 is 4.74 Å². The maximum Gasteiger partial charge on any atom is 0.124 e. The molecule has 0 unspecified atom stereocenters. The lowest BCUT2D eigenvalue weighted by molar-refractivity contribution is 0.410. The van der Waals surface area contributed by atoms with Gasteiger partial charge in [0.2, 0.25) is 0 Å². The molecule has 0 N–H and O–H groups in total. The van der Waals surface area contributed by atoms with E-state index < -0.39 is 0 Å². The van der Waals surface area contributed by atoms with Crippen LogP contribution >= 0.6 is 11.3 Å². The van der Waals surface area contributed by atoms with Crippen LogP contribution in [0, 0.1) is 11.3 Å². The van der Waals surface area contributed by atoms with Gasteiger partial charge in [0.05, 0.1) is 41.0 Å². The van der Waals surface area contributed by atoms with E-state index in [2.05, 4.69) is 22.1 Å². The van der Waals surface area contributed by atoms with Gasteiger partial charge in [-0.3, -0.25) is 9.67 Å². The second kappa shape index (κ2) is 7.82. The zero-order valence-electron chi connectivity index (χ0n) is 17.2. The number of nitrogens with zero attached hydrogens (tertiary/aromatic N) is 5. The average Bonchev–Trinajstić information content (AvgIpc) is 3.45. The summed E-state index contributed by atoms with van der Waals surface area (Å²) in [5.41, 5.74) is 5.43. The summed E-state index contributed by atoms with van der Waals surface area (Å²) in [7, 11) is 3.62. The molecule has 5 rings (SSSR count). The minimum absolute atomic E-state index is 0.629. The third kappa shape index (κ3) is 3.41. The van der Waals surface area contributed by atoms with E-state index in [4.69, 9.17) is 15.1 Å². The van der Waals surface area contributed by atoms with Crippen LogP contribution in [0.1, 0.15) is 16.1 Å². The number of methoxy groups -OCH3 is 1. The number of ether oxygens (including phenoxy) is 1. The second-order valence-corrected chi connectivity index (χ2v) is 8.27. The Balaban J connectivity index is 1.70. The van der Waals surface area contributed by atoms with Crippen molar-refractivity contribution in [3.63, 3.8) is 0 Å². The lowest BCUT2D eigenvalue weighted by Gasteiger charge is -2.11. The number of thiazole rings is 1. The second-order valence-electron chi connectivity index (χ2n) is 7.29. The summed E-state index contributed by atoms with van der Waals surface area (Å²) in [5.74, 6) is 0.833. The van der Waals surface area contributed by atoms with Gasteiger partial charge in [-0.2, -0.15) is 10.4 Å². The molecule has 0 saturated carbocycles. The summed E-state index contributed by atoms with van der Waals surface area (Å²) >= 11 is 1.67. The fraction of sp³-hybridized carbons (Fsp3) is 0.167. The average molecular weight is 426 g/mol. The third-order valence-corrected chi connectivity index (χ3v) is 6.30. The van der Waals surface area contributed by atoms with Gasteiger partial charge in [0.25, 0.3) is 0 Å². The lowest BCUT2D eigenvalue weighted by atomic mass is 10.00. The topological polar surface area (TPSA) is 76.6 Å². The Kier molecular flexibility index (Phi) is 4.85. The van der Waals surface area contributed by atoms with Crippen LogP contribution in [-0.2, 0) is 19.9 Å². The van der Waals surface area contributed by atoms with Gasteiger partial charge < -0.3 is 4.74 Å². The molecular weight excluding hydrogens is 406 g/mol. The number of benzene rings is 2. The van der Waals surface area contributed by atoms with E-state index in [0.29, 0.717) is 5.56 Å². The molecule has 0 bridgehead atoms. The molecule has 0 atom stereocenters. The summed E-state index contributed by atoms with van der Waals surface area (Å²) in [5, 5.41) is 19.1. The van der Waals surface area contributed by atoms with Crippen LogP contribution in [0.3, 0.4) is 0 Å². The molecule has 0 radical (unpaired) electrons. The van der Waals surface area contributed by atoms with E-state index in [9.17, 15) is 0 Å². The first-order valence-corrected chi connectivity index (χ1v) is 10.8. The summed E-state index contributed by atoms with van der Waals surface area (Å²) in [6.45, 7) is 0. The molecule has 5 aromatic rings. The highest BCUT2D eigenvalue weighted by molar-refractivity contribution is 7.09. The zero-order chi connectivity index (χ0) is 21.4. The molecule has 0 aliphatic rings. The number of hydrogen-bond donors (Lipinski definition) is 0. The molecule has 6 nitrogen and oxygen atoms in total. The molecule has 2 aromatic carbocycles. The van der Waals surface area contributed by atoms with Crippen molar-refractivity contribution in [2.24, 2.45) is 7.05 Å². The molecule has 152 valence electrons. The molecule has 3 aromatic heterocycles. The molecule has 0 fully saturated rings. The van der Waals surface area contributed by atoms with Gasteiger partial charge in [0, 0.05) is 47.4 Å². The first-order valence-electron chi connectivity index (χ1n) is 9.89. The standard InChI is InChI=1S/C24H19N5OS/c1-29-20-14-27-19-12-21(30-2)17(7-8-22-26-9-10-31-22)11-18(19)23(20)24(28-29)16-5-3-15(13-25)4-6-16/h3-6,9-12,14H,7-8H2,1-2H3. The third-order valence-electron chi connectivity index (χ3n) is 5.46. The van der Waals surface area contributed by atoms with Crippen molar-refractivity contribution in [2.45, 2.75) is 12.8 Å². The van der Waals surface area contributed by atoms with Crippen molar-refractivity contribution in [1.29, 1.82) is 5.26 Å². The number of aromatic nitrogens is 4. The fourth-order valence-corrected chi connectivity index (χ4v) is 4.53. The molecule has 0 aliphatic carbocycles. The summed E-state index contributed by atoms with van der Waals surface area (Å²) in [6.07, 6.45) is 5.38. The number of fused-ring (bicyclic) bond motifs is 3. The van der Waals surface area contributed by atoms with Crippen LogP contribution in [-0.4, -0.2) is 26.9 Å². The monoisotopic (exact) mass is 425 g/mol. The van der Waals surface area contributed by atoms with Gasteiger partial charge in [-0.1, -0.05) is 12.1 Å². The van der Waals surface area contributed by atoms with Crippen molar-refractivity contribution in [2.75, 3.05) is 7.11 Å². The summed E-state index contributed by atoms with van der Waals surface area (Å²) < 4.78 is 7.53. The van der Waals surface area contributed by atoms with Gasteiger partial charge in [-0.15, -0.1) is 11.3 Å². The predicted octanol–water partition coefficient (Wildman–Crippen LogP) is 4.91. The Morgan fingerprint density at radius 3 is 2.68 bits per heavy atom. The van der Waals surface area contributed by atoms with Gasteiger partial charge in [-0.05, 0) is 30.2 Å². The smallest absolute Gasteiger partial charge is 0.124 e. The van der Waals surface area contributed by atoms with Crippen LogP contribution < -0.4 is 4.74 Å². The normalized spacial score (nSPS) is 11.1. The number of hydrogen-bond acceptors (Lipinski definition) is 6. The Morgan fingerprint density at radius 1 is 1.13 bits per heavy atom. The van der Waals surface area contributed by atoms with Gasteiger partial charge in [0.1, 0.15) is 11.4 Å². The van der Waals surface area contributed by atoms with Crippen molar-refractivity contribution in [3.05, 3.63) is 70.3 Å². The quantitative estimate of drug-likeness (QED) is 0.400. The van der Waals surface area contributed by atoms with Crippen molar-refractivity contribution >= 4 is 33.1 Å². The predicted molar refractivity (Wildman–Crippen MR) is 122 cm³/mol. The van der Waals surface area contributed by atoms with E-state index in [-0.39, 0.29) is 0 Å². The first kappa shape index (κ1) is 19.2. The Hall–Kier alpha value is -3.76. The lowest BCUT2D eigenvalue weighted by Crippen LogP contribution is -1.97. The van der Waals surface area contributed by atoms with Crippen molar-refractivity contribution in [1.82, 2.24) is 19.7 Å².